The predicted molar refractivity (Wildman–Crippen MR) is 112 cm³/mol. The number of nitrogens with two attached hydrogens (primary N) is 1. The van der Waals surface area contributed by atoms with Crippen molar-refractivity contribution in [2.24, 2.45) is 5.92 Å². The molecule has 2 aromatic heterocycles. The fourth-order valence-electron chi connectivity index (χ4n) is 2.84. The third-order valence-corrected chi connectivity index (χ3v) is 6.30. The Kier molecular flexibility index (Phi) is 6.22. The molecule has 1 fully saturated rings. The summed E-state index contributed by atoms with van der Waals surface area (Å²) in [5.41, 5.74) is 4.30. The average Bonchev–Trinajstić information content (AvgIpc) is 3.33. The molecule has 156 valence electrons. The monoisotopic (exact) mass is 438 g/mol. The van der Waals surface area contributed by atoms with E-state index in [-0.39, 0.29) is 41.5 Å². The number of carbonyl (C=O) groups excluding carboxylic acids is 2. The summed E-state index contributed by atoms with van der Waals surface area (Å²) in [6.45, 7) is 5.56. The van der Waals surface area contributed by atoms with Crippen molar-refractivity contribution in [1.82, 2.24) is 19.7 Å². The Bertz CT molecular complexity index is 1050. The molecule has 29 heavy (non-hydrogen) atoms. The molecule has 0 aliphatic heterocycles. The number of hydrogen-bond donors (Lipinski definition) is 2. The van der Waals surface area contributed by atoms with Crippen molar-refractivity contribution in [3.63, 3.8) is 0 Å². The first-order chi connectivity index (χ1) is 13.7. The molecular weight excluding hydrogens is 416 g/mol. The number of aromatic amines is 1. The number of hydrogen-bond acceptors (Lipinski definition) is 9. The van der Waals surface area contributed by atoms with E-state index in [9.17, 15) is 19.2 Å². The van der Waals surface area contributed by atoms with Crippen LogP contribution in [0, 0.1) is 5.92 Å². The Balaban J connectivity index is 1.76. The topological polar surface area (TPSA) is 144 Å². The van der Waals surface area contributed by atoms with Gasteiger partial charge in [-0.1, -0.05) is 36.9 Å². The van der Waals surface area contributed by atoms with Crippen molar-refractivity contribution < 1.29 is 9.59 Å². The van der Waals surface area contributed by atoms with E-state index in [0.29, 0.717) is 9.47 Å². The second-order valence-electron chi connectivity index (χ2n) is 7.21. The van der Waals surface area contributed by atoms with Crippen LogP contribution in [0.1, 0.15) is 44.0 Å². The molecule has 0 aromatic carbocycles. The number of ketones is 1. The summed E-state index contributed by atoms with van der Waals surface area (Å²) >= 11 is 2.33. The van der Waals surface area contributed by atoms with E-state index < -0.39 is 17.0 Å². The summed E-state index contributed by atoms with van der Waals surface area (Å²) in [7, 11) is 0. The number of rotatable bonds is 8. The molecule has 1 saturated carbocycles. The summed E-state index contributed by atoms with van der Waals surface area (Å²) in [5.74, 6) is -0.719. The van der Waals surface area contributed by atoms with Gasteiger partial charge in [0.2, 0.25) is 11.0 Å². The zero-order valence-electron chi connectivity index (χ0n) is 16.3. The number of anilines is 2. The maximum absolute atomic E-state index is 12.6. The number of nitrogen functional groups attached to an aromatic ring is 1. The number of Topliss-reactive ketones (excluding diaryl/α,β-unsaturated/α-hetero) is 1. The second-order valence-corrected chi connectivity index (χ2v) is 9.38. The van der Waals surface area contributed by atoms with Gasteiger partial charge in [-0.2, -0.15) is 0 Å². The van der Waals surface area contributed by atoms with E-state index in [1.165, 1.54) is 22.8 Å². The van der Waals surface area contributed by atoms with Crippen LogP contribution in [0.5, 0.6) is 0 Å². The van der Waals surface area contributed by atoms with Crippen LogP contribution in [0.25, 0.3) is 0 Å². The normalized spacial score (nSPS) is 13.7. The summed E-state index contributed by atoms with van der Waals surface area (Å²) in [6.07, 6.45) is 1.88. The molecule has 12 heteroatoms. The molecular formula is C17H22N6O4S2. The molecule has 2 heterocycles. The first kappa shape index (κ1) is 21.2. The van der Waals surface area contributed by atoms with Crippen molar-refractivity contribution in [3.8, 4) is 0 Å². The minimum Gasteiger partial charge on any atom is -0.384 e. The lowest BCUT2D eigenvalue weighted by atomic mass is 10.2. The Hall–Kier alpha value is -2.47. The van der Waals surface area contributed by atoms with Gasteiger partial charge in [-0.3, -0.25) is 28.8 Å². The number of aromatic nitrogens is 4. The van der Waals surface area contributed by atoms with Crippen LogP contribution in [-0.2, 0) is 11.3 Å². The van der Waals surface area contributed by atoms with Crippen LogP contribution in [0.2, 0.25) is 0 Å². The quantitative estimate of drug-likeness (QED) is 0.354. The van der Waals surface area contributed by atoms with Crippen LogP contribution in [0.3, 0.4) is 0 Å². The van der Waals surface area contributed by atoms with Crippen molar-refractivity contribution in [3.05, 3.63) is 26.4 Å². The van der Waals surface area contributed by atoms with E-state index in [4.69, 9.17) is 5.73 Å². The average molecular weight is 439 g/mol. The predicted octanol–water partition coefficient (Wildman–Crippen LogP) is 1.12. The van der Waals surface area contributed by atoms with Crippen molar-refractivity contribution >= 4 is 45.7 Å². The molecule has 0 radical (unpaired) electrons. The summed E-state index contributed by atoms with van der Waals surface area (Å²) in [4.78, 5) is 52.4. The Morgan fingerprint density at radius 2 is 2.03 bits per heavy atom. The second kappa shape index (κ2) is 8.49. The highest BCUT2D eigenvalue weighted by Gasteiger charge is 2.34. The van der Waals surface area contributed by atoms with Gasteiger partial charge >= 0.3 is 5.69 Å². The third kappa shape index (κ3) is 4.75. The van der Waals surface area contributed by atoms with Crippen LogP contribution in [0.15, 0.2) is 13.9 Å². The zero-order valence-corrected chi connectivity index (χ0v) is 17.9. The molecule has 0 bridgehead atoms. The minimum atomic E-state index is -0.799. The molecule has 1 aliphatic rings. The molecule has 0 spiro atoms. The van der Waals surface area contributed by atoms with Crippen LogP contribution >= 0.6 is 23.1 Å². The smallest absolute Gasteiger partial charge is 0.329 e. The van der Waals surface area contributed by atoms with Crippen molar-refractivity contribution in [2.75, 3.05) is 16.4 Å². The Morgan fingerprint density at radius 1 is 1.34 bits per heavy atom. The zero-order chi connectivity index (χ0) is 21.3. The number of nitrogens with zero attached hydrogens (tertiary/aromatic N) is 4. The van der Waals surface area contributed by atoms with Crippen molar-refractivity contribution in [2.45, 2.75) is 50.5 Å². The van der Waals surface area contributed by atoms with Gasteiger partial charge < -0.3 is 5.73 Å². The number of carbonyl (C=O) groups is 2. The van der Waals surface area contributed by atoms with Gasteiger partial charge in [0.25, 0.3) is 5.56 Å². The fraction of sp³-hybridized carbons (Fsp3) is 0.529. The molecule has 1 aliphatic carbocycles. The van der Waals surface area contributed by atoms with Gasteiger partial charge in [-0.15, -0.1) is 10.2 Å². The number of nitrogens with one attached hydrogen (secondary N) is 1. The van der Waals surface area contributed by atoms with Crippen LogP contribution in [-0.4, -0.2) is 43.2 Å². The van der Waals surface area contributed by atoms with Gasteiger partial charge in [0.05, 0.1) is 5.75 Å². The van der Waals surface area contributed by atoms with Crippen LogP contribution < -0.4 is 21.9 Å². The van der Waals surface area contributed by atoms with Gasteiger partial charge in [0, 0.05) is 19.5 Å². The van der Waals surface area contributed by atoms with Crippen LogP contribution in [0.4, 0.5) is 10.9 Å². The highest BCUT2D eigenvalue weighted by Crippen LogP contribution is 2.35. The van der Waals surface area contributed by atoms with Gasteiger partial charge in [-0.05, 0) is 18.8 Å². The standard InChI is InChI=1S/C17H22N6O4S2/c1-8(2)6-22-13(18)12(14(26)19-15(22)27)11(25)7-28-17-21-20-16(29-17)23(9(3)24)10-4-5-10/h8,10H,4-7,18H2,1-3H3,(H,19,26,27). The Labute approximate surface area is 174 Å². The molecule has 3 N–H and O–H groups in total. The van der Waals surface area contributed by atoms with E-state index in [2.05, 4.69) is 15.2 Å². The minimum absolute atomic E-state index is 0.0920. The lowest BCUT2D eigenvalue weighted by molar-refractivity contribution is -0.116. The van der Waals surface area contributed by atoms with E-state index in [1.807, 2.05) is 13.8 Å². The number of thioether (sulfide) groups is 1. The first-order valence-electron chi connectivity index (χ1n) is 9.11. The Morgan fingerprint density at radius 3 is 2.62 bits per heavy atom. The lowest BCUT2D eigenvalue weighted by Crippen LogP contribution is -2.37. The highest BCUT2D eigenvalue weighted by molar-refractivity contribution is 8.01. The summed E-state index contributed by atoms with van der Waals surface area (Å²) in [6, 6.07) is 0.167. The van der Waals surface area contributed by atoms with Gasteiger partial charge in [-0.25, -0.2) is 4.79 Å². The third-order valence-electron chi connectivity index (χ3n) is 4.25. The first-order valence-corrected chi connectivity index (χ1v) is 10.9. The highest BCUT2D eigenvalue weighted by atomic mass is 32.2. The fourth-order valence-corrected chi connectivity index (χ4v) is 4.67. The molecule has 10 nitrogen and oxygen atoms in total. The molecule has 0 atom stereocenters. The molecule has 2 aromatic rings. The van der Waals surface area contributed by atoms with E-state index in [0.717, 1.165) is 24.6 Å². The molecule has 0 unspecified atom stereocenters. The number of H-pyrrole nitrogens is 1. The molecule has 1 amide bonds. The lowest BCUT2D eigenvalue weighted by Gasteiger charge is -2.15. The summed E-state index contributed by atoms with van der Waals surface area (Å²) < 4.78 is 1.71. The molecule has 3 rings (SSSR count). The maximum atomic E-state index is 12.6. The van der Waals surface area contributed by atoms with Crippen molar-refractivity contribution in [1.29, 1.82) is 0 Å². The number of amides is 1. The van der Waals surface area contributed by atoms with E-state index >= 15 is 0 Å². The van der Waals surface area contributed by atoms with E-state index in [1.54, 1.807) is 4.90 Å². The summed E-state index contributed by atoms with van der Waals surface area (Å²) in [5, 5.41) is 8.57. The SMILES string of the molecule is CC(=O)N(c1nnc(SCC(=O)c2c(N)n(CC(C)C)c(=O)[nH]c2=O)s1)C1CC1. The van der Waals surface area contributed by atoms with Gasteiger partial charge in [0.15, 0.2) is 10.1 Å². The van der Waals surface area contributed by atoms with Gasteiger partial charge in [0.1, 0.15) is 11.4 Å². The maximum Gasteiger partial charge on any atom is 0.329 e. The largest absolute Gasteiger partial charge is 0.384 e. The molecule has 0 saturated heterocycles.